The molecule has 0 amide bonds. The quantitative estimate of drug-likeness (QED) is 0.173. The van der Waals surface area contributed by atoms with E-state index >= 15 is 0 Å². The van der Waals surface area contributed by atoms with Crippen LogP contribution in [0.25, 0.3) is 0 Å². The summed E-state index contributed by atoms with van der Waals surface area (Å²) in [5, 5.41) is 0. The van der Waals surface area contributed by atoms with Gasteiger partial charge in [-0.3, -0.25) is 0 Å². The summed E-state index contributed by atoms with van der Waals surface area (Å²) in [7, 11) is 0.549. The van der Waals surface area contributed by atoms with Gasteiger partial charge in [0.15, 0.2) is 8.32 Å². The molecular weight excluding hydrogens is 320 g/mol. The number of unbranched alkanes of at least 4 members (excludes halogenated alkanes) is 6. The average molecular weight is 371 g/mol. The van der Waals surface area contributed by atoms with Gasteiger partial charge < -0.3 is 4.43 Å². The van der Waals surface area contributed by atoms with Crippen molar-refractivity contribution in [3.05, 3.63) is 0 Å². The van der Waals surface area contributed by atoms with Crippen LogP contribution in [0.5, 0.6) is 0 Å². The Bertz CT molecular complexity index is 273. The van der Waals surface area contributed by atoms with E-state index in [1.54, 1.807) is 0 Å². The molecule has 1 nitrogen and oxygen atoms in total. The van der Waals surface area contributed by atoms with Crippen LogP contribution in [0, 0.1) is 11.8 Å². The molecule has 0 rings (SSSR count). The zero-order valence-corrected chi connectivity index (χ0v) is 19.7. The largest absolute Gasteiger partial charge is 0.420 e. The maximum Gasteiger partial charge on any atom is 0.186 e. The second-order valence-corrected chi connectivity index (χ2v) is 13.3. The van der Waals surface area contributed by atoms with Crippen molar-refractivity contribution in [1.29, 1.82) is 0 Å². The van der Waals surface area contributed by atoms with Crippen molar-refractivity contribution < 1.29 is 4.43 Å². The third-order valence-corrected chi connectivity index (χ3v) is 8.90. The van der Waals surface area contributed by atoms with Crippen LogP contribution >= 0.6 is 0 Å². The van der Waals surface area contributed by atoms with Crippen LogP contribution in [0.4, 0.5) is 0 Å². The molecule has 0 bridgehead atoms. The van der Waals surface area contributed by atoms with Crippen molar-refractivity contribution in [2.24, 2.45) is 11.8 Å². The zero-order valence-electron chi connectivity index (χ0n) is 18.7. The summed E-state index contributed by atoms with van der Waals surface area (Å²) in [6, 6.07) is 1.34. The summed E-state index contributed by atoms with van der Waals surface area (Å²) in [4.78, 5) is 0. The highest BCUT2D eigenvalue weighted by molar-refractivity contribution is 6.71. The second-order valence-electron chi connectivity index (χ2n) is 8.89. The van der Waals surface area contributed by atoms with Crippen LogP contribution in [0.3, 0.4) is 0 Å². The van der Waals surface area contributed by atoms with Gasteiger partial charge in [-0.05, 0) is 31.0 Å². The van der Waals surface area contributed by atoms with E-state index in [2.05, 4.69) is 33.9 Å². The van der Waals surface area contributed by atoms with Gasteiger partial charge in [-0.2, -0.15) is 0 Å². The van der Waals surface area contributed by atoms with Crippen LogP contribution in [-0.2, 0) is 4.43 Å². The molecule has 0 fully saturated rings. The van der Waals surface area contributed by atoms with Gasteiger partial charge >= 0.3 is 0 Å². The van der Waals surface area contributed by atoms with E-state index in [1.807, 2.05) is 7.11 Å². The molecule has 0 aromatic carbocycles. The molecule has 0 aromatic heterocycles. The molecule has 0 N–H and O–H groups in total. The zero-order chi connectivity index (χ0) is 19.0. The molecule has 0 aromatic rings. The first-order valence-electron chi connectivity index (χ1n) is 11.5. The van der Waals surface area contributed by atoms with Gasteiger partial charge in [0.2, 0.25) is 0 Å². The SMILES string of the molecule is CCCCC(CCCCCCCCC(CC)CC)CC[Si](C)(C)OC. The first-order valence-corrected chi connectivity index (χ1v) is 14.7. The molecule has 25 heavy (non-hydrogen) atoms. The van der Waals surface area contributed by atoms with Gasteiger partial charge in [-0.15, -0.1) is 0 Å². The lowest BCUT2D eigenvalue weighted by atomic mass is 9.92. The third-order valence-electron chi connectivity index (χ3n) is 6.30. The van der Waals surface area contributed by atoms with E-state index in [1.165, 1.54) is 95.9 Å². The molecule has 0 aliphatic rings. The first kappa shape index (κ1) is 25.2. The summed E-state index contributed by atoms with van der Waals surface area (Å²) >= 11 is 0. The molecule has 1 atom stereocenters. The Morgan fingerprint density at radius 2 is 1.12 bits per heavy atom. The van der Waals surface area contributed by atoms with Crippen molar-refractivity contribution in [3.8, 4) is 0 Å². The Morgan fingerprint density at radius 1 is 0.640 bits per heavy atom. The molecule has 0 saturated carbocycles. The summed E-state index contributed by atoms with van der Waals surface area (Å²) < 4.78 is 5.74. The van der Waals surface area contributed by atoms with E-state index in [4.69, 9.17) is 4.43 Å². The van der Waals surface area contributed by atoms with Gasteiger partial charge in [0.1, 0.15) is 0 Å². The highest BCUT2D eigenvalue weighted by Gasteiger charge is 2.22. The number of rotatable bonds is 18. The molecule has 2 heteroatoms. The fourth-order valence-corrected chi connectivity index (χ4v) is 5.16. The predicted molar refractivity (Wildman–Crippen MR) is 118 cm³/mol. The van der Waals surface area contributed by atoms with Crippen molar-refractivity contribution in [3.63, 3.8) is 0 Å². The fraction of sp³-hybridized carbons (Fsp3) is 1.00. The Hall–Kier alpha value is 0.177. The lowest BCUT2D eigenvalue weighted by molar-refractivity contribution is 0.370. The Kier molecular flexibility index (Phi) is 16.5. The van der Waals surface area contributed by atoms with Gasteiger partial charge in [0, 0.05) is 7.11 Å². The van der Waals surface area contributed by atoms with Gasteiger partial charge in [0.05, 0.1) is 0 Å². The Balaban J connectivity index is 3.76. The van der Waals surface area contributed by atoms with Crippen LogP contribution in [0.1, 0.15) is 111 Å². The third kappa shape index (κ3) is 15.0. The van der Waals surface area contributed by atoms with Crippen molar-refractivity contribution in [1.82, 2.24) is 0 Å². The molecule has 0 spiro atoms. The minimum atomic E-state index is -1.36. The van der Waals surface area contributed by atoms with Crippen LogP contribution in [-0.4, -0.2) is 15.4 Å². The Labute approximate surface area is 161 Å². The van der Waals surface area contributed by atoms with Crippen molar-refractivity contribution in [2.45, 2.75) is 130 Å². The fourth-order valence-electron chi connectivity index (χ4n) is 3.85. The molecular formula is C23H50OSi. The van der Waals surface area contributed by atoms with Crippen LogP contribution < -0.4 is 0 Å². The highest BCUT2D eigenvalue weighted by Crippen LogP contribution is 2.26. The minimum absolute atomic E-state index is 0.955. The van der Waals surface area contributed by atoms with Crippen LogP contribution in [0.15, 0.2) is 0 Å². The van der Waals surface area contributed by atoms with E-state index < -0.39 is 8.32 Å². The van der Waals surface area contributed by atoms with E-state index in [9.17, 15) is 0 Å². The maximum absolute atomic E-state index is 5.74. The van der Waals surface area contributed by atoms with E-state index in [-0.39, 0.29) is 0 Å². The first-order chi connectivity index (χ1) is 12.0. The second kappa shape index (κ2) is 16.4. The molecule has 0 aliphatic carbocycles. The predicted octanol–water partition coefficient (Wildman–Crippen LogP) is 8.59. The summed E-state index contributed by atoms with van der Waals surface area (Å²) in [6.07, 6.45) is 20.0. The van der Waals surface area contributed by atoms with Gasteiger partial charge in [-0.25, -0.2) is 0 Å². The molecule has 0 radical (unpaired) electrons. The summed E-state index contributed by atoms with van der Waals surface area (Å²) in [5.41, 5.74) is 0. The number of hydrogen-bond donors (Lipinski definition) is 0. The molecule has 1 unspecified atom stereocenters. The normalized spacial score (nSPS) is 13.6. The van der Waals surface area contributed by atoms with Crippen molar-refractivity contribution >= 4 is 8.32 Å². The lowest BCUT2D eigenvalue weighted by Gasteiger charge is -2.24. The maximum atomic E-state index is 5.74. The van der Waals surface area contributed by atoms with Crippen molar-refractivity contribution in [2.75, 3.05) is 7.11 Å². The molecule has 0 aliphatic heterocycles. The minimum Gasteiger partial charge on any atom is -0.420 e. The smallest absolute Gasteiger partial charge is 0.186 e. The topological polar surface area (TPSA) is 9.23 Å². The van der Waals surface area contributed by atoms with E-state index in [0.717, 1.165) is 11.8 Å². The standard InChI is InChI=1S/C23H50OSi/c1-7-10-17-23(20-21-25(5,6)24-4)19-16-14-12-11-13-15-18-22(8-2)9-3/h22-23H,7-21H2,1-6H3. The highest BCUT2D eigenvalue weighted by atomic mass is 28.4. The molecule has 152 valence electrons. The summed E-state index contributed by atoms with van der Waals surface area (Å²) in [6.45, 7) is 11.8. The number of hydrogen-bond acceptors (Lipinski definition) is 1. The van der Waals surface area contributed by atoms with Gasteiger partial charge in [-0.1, -0.05) is 111 Å². The van der Waals surface area contributed by atoms with E-state index in [0.29, 0.717) is 0 Å². The van der Waals surface area contributed by atoms with Crippen LogP contribution in [0.2, 0.25) is 19.1 Å². The molecule has 0 saturated heterocycles. The lowest BCUT2D eigenvalue weighted by Crippen LogP contribution is -2.29. The molecule has 0 heterocycles. The monoisotopic (exact) mass is 370 g/mol. The summed E-state index contributed by atoms with van der Waals surface area (Å²) in [5.74, 6) is 1.94. The van der Waals surface area contributed by atoms with Gasteiger partial charge in [0.25, 0.3) is 0 Å². The average Bonchev–Trinajstić information content (AvgIpc) is 2.62. The Morgan fingerprint density at radius 3 is 1.60 bits per heavy atom.